The molecule has 0 radical (unpaired) electrons. The summed E-state index contributed by atoms with van der Waals surface area (Å²) in [6.45, 7) is 5.41. The average Bonchev–Trinajstić information content (AvgIpc) is 2.84. The summed E-state index contributed by atoms with van der Waals surface area (Å²) in [5.74, 6) is 0.761. The molecule has 0 aliphatic carbocycles. The minimum Gasteiger partial charge on any atom is -0.461 e. The number of aryl methyl sites for hydroxylation is 1. The van der Waals surface area contributed by atoms with Crippen LogP contribution in [0.2, 0.25) is 0 Å². The molecule has 6 nitrogen and oxygen atoms in total. The van der Waals surface area contributed by atoms with E-state index in [0.29, 0.717) is 24.0 Å². The third-order valence-electron chi connectivity index (χ3n) is 3.06. The first-order valence-electron chi connectivity index (χ1n) is 7.51. The molecule has 0 spiro atoms. The normalized spacial score (nSPS) is 11.5. The predicted octanol–water partition coefficient (Wildman–Crippen LogP) is 3.21. The number of amidine groups is 1. The van der Waals surface area contributed by atoms with Crippen molar-refractivity contribution in [1.82, 2.24) is 5.32 Å². The Bertz CT molecular complexity index is 713. The molecular formula is C17H22N2O4. The van der Waals surface area contributed by atoms with Crippen LogP contribution in [0.4, 0.5) is 4.79 Å². The van der Waals surface area contributed by atoms with Crippen LogP contribution in [0.3, 0.4) is 0 Å². The van der Waals surface area contributed by atoms with Crippen LogP contribution in [-0.2, 0) is 11.2 Å². The number of hydrogen-bond donors (Lipinski definition) is 3. The highest BCUT2D eigenvalue weighted by atomic mass is 16.6. The minimum atomic E-state index is -0.654. The third kappa shape index (κ3) is 4.82. The van der Waals surface area contributed by atoms with E-state index in [2.05, 4.69) is 5.32 Å². The van der Waals surface area contributed by atoms with Gasteiger partial charge in [-0.25, -0.2) is 4.79 Å². The molecular weight excluding hydrogens is 296 g/mol. The number of benzene rings is 1. The Morgan fingerprint density at radius 2 is 2.09 bits per heavy atom. The number of ether oxygens (including phenoxy) is 1. The third-order valence-corrected chi connectivity index (χ3v) is 3.06. The van der Waals surface area contributed by atoms with Crippen molar-refractivity contribution < 1.29 is 19.1 Å². The number of rotatable bonds is 4. The number of furan rings is 1. The first kappa shape index (κ1) is 17.0. The van der Waals surface area contributed by atoms with E-state index in [-0.39, 0.29) is 12.4 Å². The highest BCUT2D eigenvalue weighted by Gasteiger charge is 2.17. The van der Waals surface area contributed by atoms with E-state index in [4.69, 9.17) is 19.7 Å². The van der Waals surface area contributed by atoms with Gasteiger partial charge in [0.2, 0.25) is 0 Å². The van der Waals surface area contributed by atoms with Gasteiger partial charge in [0.05, 0.1) is 0 Å². The van der Waals surface area contributed by atoms with Gasteiger partial charge in [-0.2, -0.15) is 0 Å². The van der Waals surface area contributed by atoms with E-state index in [0.717, 1.165) is 11.1 Å². The summed E-state index contributed by atoms with van der Waals surface area (Å²) in [6.07, 6.45) is 0.648. The van der Waals surface area contributed by atoms with Crippen LogP contribution in [0.5, 0.6) is 0 Å². The fourth-order valence-electron chi connectivity index (χ4n) is 2.11. The van der Waals surface area contributed by atoms with Crippen LogP contribution in [0.1, 0.15) is 38.5 Å². The standard InChI is InChI=1S/C17H22N2O4/c1-17(2,3)23-16(21)19-15(18)11-6-7-14-12(9-11)10-13(22-14)5-4-8-20/h6-7,9-10,20H,4-5,8H2,1-3H3,(H2,18,19,21). The zero-order valence-corrected chi connectivity index (χ0v) is 13.6. The Labute approximate surface area is 134 Å². The topological polar surface area (TPSA) is 95.5 Å². The molecule has 3 N–H and O–H groups in total. The summed E-state index contributed by atoms with van der Waals surface area (Å²) < 4.78 is 10.8. The molecule has 2 rings (SSSR count). The SMILES string of the molecule is CC(C)(C)OC(=O)NC(=N)c1ccc2oc(CCCO)cc2c1. The Hall–Kier alpha value is -2.34. The van der Waals surface area contributed by atoms with Gasteiger partial charge in [0, 0.05) is 24.0 Å². The van der Waals surface area contributed by atoms with Gasteiger partial charge in [0.15, 0.2) is 0 Å². The fourth-order valence-corrected chi connectivity index (χ4v) is 2.11. The van der Waals surface area contributed by atoms with E-state index < -0.39 is 11.7 Å². The van der Waals surface area contributed by atoms with Gasteiger partial charge in [-0.05, 0) is 51.5 Å². The molecule has 6 heteroatoms. The fraction of sp³-hybridized carbons (Fsp3) is 0.412. The lowest BCUT2D eigenvalue weighted by molar-refractivity contribution is 0.0563. The highest BCUT2D eigenvalue weighted by molar-refractivity contribution is 6.06. The largest absolute Gasteiger partial charge is 0.461 e. The Morgan fingerprint density at radius 3 is 2.74 bits per heavy atom. The van der Waals surface area contributed by atoms with E-state index in [9.17, 15) is 4.79 Å². The van der Waals surface area contributed by atoms with Crippen molar-refractivity contribution >= 4 is 22.9 Å². The molecule has 0 atom stereocenters. The van der Waals surface area contributed by atoms with Crippen molar-refractivity contribution in [3.63, 3.8) is 0 Å². The average molecular weight is 318 g/mol. The first-order chi connectivity index (χ1) is 10.8. The number of carbonyl (C=O) groups excluding carboxylic acids is 1. The Morgan fingerprint density at radius 1 is 1.35 bits per heavy atom. The molecule has 124 valence electrons. The number of amides is 1. The number of aliphatic hydroxyl groups excluding tert-OH is 1. The van der Waals surface area contributed by atoms with Crippen molar-refractivity contribution in [2.24, 2.45) is 0 Å². The molecule has 1 heterocycles. The Balaban J connectivity index is 2.10. The molecule has 0 fully saturated rings. The number of fused-ring (bicyclic) bond motifs is 1. The summed E-state index contributed by atoms with van der Waals surface area (Å²) >= 11 is 0. The first-order valence-corrected chi connectivity index (χ1v) is 7.51. The number of aliphatic hydroxyl groups is 1. The van der Waals surface area contributed by atoms with E-state index in [1.54, 1.807) is 39.0 Å². The number of hydrogen-bond acceptors (Lipinski definition) is 5. The maximum atomic E-state index is 11.7. The summed E-state index contributed by atoms with van der Waals surface area (Å²) in [6, 6.07) is 7.13. The van der Waals surface area contributed by atoms with Crippen LogP contribution in [0.25, 0.3) is 11.0 Å². The van der Waals surface area contributed by atoms with Crippen molar-refractivity contribution in [2.45, 2.75) is 39.2 Å². The second-order valence-corrected chi connectivity index (χ2v) is 6.29. The summed E-state index contributed by atoms with van der Waals surface area (Å²) in [7, 11) is 0. The van der Waals surface area contributed by atoms with Gasteiger partial charge >= 0.3 is 6.09 Å². The lowest BCUT2D eigenvalue weighted by Gasteiger charge is -2.19. The quantitative estimate of drug-likeness (QED) is 0.596. The van der Waals surface area contributed by atoms with Crippen molar-refractivity contribution in [3.05, 3.63) is 35.6 Å². The molecule has 1 aromatic carbocycles. The monoisotopic (exact) mass is 318 g/mol. The van der Waals surface area contributed by atoms with E-state index >= 15 is 0 Å². The number of alkyl carbamates (subject to hydrolysis) is 1. The maximum absolute atomic E-state index is 11.7. The maximum Gasteiger partial charge on any atom is 0.413 e. The van der Waals surface area contributed by atoms with Crippen molar-refractivity contribution in [2.75, 3.05) is 6.61 Å². The zero-order valence-electron chi connectivity index (χ0n) is 13.6. The van der Waals surface area contributed by atoms with Gasteiger partial charge in [0.1, 0.15) is 22.8 Å². The smallest absolute Gasteiger partial charge is 0.413 e. The van der Waals surface area contributed by atoms with Crippen LogP contribution in [0, 0.1) is 5.41 Å². The lowest BCUT2D eigenvalue weighted by atomic mass is 10.1. The highest BCUT2D eigenvalue weighted by Crippen LogP contribution is 2.22. The minimum absolute atomic E-state index is 0.0285. The lowest BCUT2D eigenvalue weighted by Crippen LogP contribution is -2.36. The van der Waals surface area contributed by atoms with Gasteiger partial charge in [-0.15, -0.1) is 0 Å². The molecule has 0 aliphatic heterocycles. The predicted molar refractivity (Wildman–Crippen MR) is 87.8 cm³/mol. The molecule has 0 unspecified atom stereocenters. The molecule has 23 heavy (non-hydrogen) atoms. The zero-order chi connectivity index (χ0) is 17.0. The van der Waals surface area contributed by atoms with Crippen molar-refractivity contribution in [1.29, 1.82) is 5.41 Å². The molecule has 1 aromatic heterocycles. The van der Waals surface area contributed by atoms with Crippen LogP contribution < -0.4 is 5.32 Å². The van der Waals surface area contributed by atoms with Crippen LogP contribution in [-0.4, -0.2) is 29.2 Å². The van der Waals surface area contributed by atoms with E-state index in [1.165, 1.54) is 0 Å². The van der Waals surface area contributed by atoms with Gasteiger partial charge in [-0.1, -0.05) is 0 Å². The number of carbonyl (C=O) groups is 1. The molecule has 2 aromatic rings. The number of nitrogens with one attached hydrogen (secondary N) is 2. The molecule has 1 amide bonds. The summed E-state index contributed by atoms with van der Waals surface area (Å²) in [5.41, 5.74) is 0.671. The second-order valence-electron chi connectivity index (χ2n) is 6.29. The van der Waals surface area contributed by atoms with Crippen molar-refractivity contribution in [3.8, 4) is 0 Å². The molecule has 0 saturated carbocycles. The molecule has 0 bridgehead atoms. The summed E-state index contributed by atoms with van der Waals surface area (Å²) in [5, 5.41) is 20.1. The second kappa shape index (κ2) is 6.83. The van der Waals surface area contributed by atoms with E-state index in [1.807, 2.05) is 6.07 Å². The van der Waals surface area contributed by atoms with Gasteiger partial charge in [-0.3, -0.25) is 10.7 Å². The molecule has 0 saturated heterocycles. The van der Waals surface area contributed by atoms with Crippen LogP contribution in [0.15, 0.2) is 28.7 Å². The van der Waals surface area contributed by atoms with Gasteiger partial charge < -0.3 is 14.3 Å². The summed E-state index contributed by atoms with van der Waals surface area (Å²) in [4.78, 5) is 11.7. The molecule has 0 aliphatic rings. The Kier molecular flexibility index (Phi) is 5.05. The van der Waals surface area contributed by atoms with Crippen LogP contribution >= 0.6 is 0 Å². The van der Waals surface area contributed by atoms with Gasteiger partial charge in [0.25, 0.3) is 0 Å².